The largest absolute Gasteiger partial charge is 0.338 e. The Morgan fingerprint density at radius 2 is 1.75 bits per heavy atom. The standard InChI is InChI=1S/C20H23N7O/c28-20(26-13-11-25(12-14-26)19-21-8-4-9-22-19)23-10-7-17-15-24-27(16-17)18-5-2-1-3-6-18/h1-6,8-9,15-16H,7,10-14H2,(H,23,28). The van der Waals surface area contributed by atoms with Crippen LogP contribution in [0.4, 0.5) is 10.7 Å². The molecule has 2 aromatic heterocycles. The number of anilines is 1. The van der Waals surface area contributed by atoms with E-state index in [4.69, 9.17) is 0 Å². The molecule has 3 aromatic rings. The first-order valence-corrected chi connectivity index (χ1v) is 9.43. The predicted molar refractivity (Wildman–Crippen MR) is 106 cm³/mol. The van der Waals surface area contributed by atoms with Crippen LogP contribution in [0.2, 0.25) is 0 Å². The smallest absolute Gasteiger partial charge is 0.317 e. The van der Waals surface area contributed by atoms with E-state index in [1.165, 1.54) is 0 Å². The highest BCUT2D eigenvalue weighted by Crippen LogP contribution is 2.10. The van der Waals surface area contributed by atoms with Crippen molar-refractivity contribution in [2.75, 3.05) is 37.6 Å². The van der Waals surface area contributed by atoms with Crippen molar-refractivity contribution in [2.45, 2.75) is 6.42 Å². The summed E-state index contributed by atoms with van der Waals surface area (Å²) in [6.07, 6.45) is 8.07. The van der Waals surface area contributed by atoms with Gasteiger partial charge in [0.25, 0.3) is 0 Å². The molecule has 1 aliphatic rings. The molecule has 0 spiro atoms. The molecule has 4 rings (SSSR count). The highest BCUT2D eigenvalue weighted by molar-refractivity contribution is 5.74. The van der Waals surface area contributed by atoms with E-state index in [1.807, 2.05) is 52.3 Å². The second-order valence-electron chi connectivity index (χ2n) is 6.63. The summed E-state index contributed by atoms with van der Waals surface area (Å²) in [7, 11) is 0. The number of nitrogens with zero attached hydrogens (tertiary/aromatic N) is 6. The van der Waals surface area contributed by atoms with Gasteiger partial charge in [-0.15, -0.1) is 0 Å². The lowest BCUT2D eigenvalue weighted by Crippen LogP contribution is -2.52. The normalized spacial score (nSPS) is 14.1. The number of benzene rings is 1. The summed E-state index contributed by atoms with van der Waals surface area (Å²) in [5.41, 5.74) is 2.12. The zero-order valence-corrected chi connectivity index (χ0v) is 15.6. The number of carbonyl (C=O) groups is 1. The van der Waals surface area contributed by atoms with Gasteiger partial charge in [-0.2, -0.15) is 5.10 Å². The maximum atomic E-state index is 12.4. The molecule has 0 radical (unpaired) electrons. The van der Waals surface area contributed by atoms with Gasteiger partial charge in [0.2, 0.25) is 5.95 Å². The van der Waals surface area contributed by atoms with Crippen LogP contribution in [0.3, 0.4) is 0 Å². The van der Waals surface area contributed by atoms with Crippen molar-refractivity contribution in [1.29, 1.82) is 0 Å². The lowest BCUT2D eigenvalue weighted by molar-refractivity contribution is 0.194. The van der Waals surface area contributed by atoms with Crippen LogP contribution in [0.5, 0.6) is 0 Å². The highest BCUT2D eigenvalue weighted by atomic mass is 16.2. The van der Waals surface area contributed by atoms with Crippen LogP contribution in [-0.4, -0.2) is 63.4 Å². The summed E-state index contributed by atoms with van der Waals surface area (Å²) in [5, 5.41) is 7.39. The molecule has 1 aromatic carbocycles. The van der Waals surface area contributed by atoms with Crippen molar-refractivity contribution in [2.24, 2.45) is 0 Å². The quantitative estimate of drug-likeness (QED) is 0.733. The Labute approximate surface area is 163 Å². The second-order valence-corrected chi connectivity index (χ2v) is 6.63. The third kappa shape index (κ3) is 4.28. The number of para-hydroxylation sites is 1. The average molecular weight is 377 g/mol. The van der Waals surface area contributed by atoms with Gasteiger partial charge in [-0.05, 0) is 30.2 Å². The molecule has 144 valence electrons. The van der Waals surface area contributed by atoms with Gasteiger partial charge in [0.05, 0.1) is 11.9 Å². The van der Waals surface area contributed by atoms with Gasteiger partial charge < -0.3 is 15.1 Å². The third-order valence-corrected chi connectivity index (χ3v) is 4.75. The van der Waals surface area contributed by atoms with E-state index in [-0.39, 0.29) is 6.03 Å². The first-order valence-electron chi connectivity index (χ1n) is 9.43. The highest BCUT2D eigenvalue weighted by Gasteiger charge is 2.22. The Morgan fingerprint density at radius 3 is 2.50 bits per heavy atom. The van der Waals surface area contributed by atoms with Gasteiger partial charge in [-0.25, -0.2) is 19.4 Å². The van der Waals surface area contributed by atoms with Gasteiger partial charge in [0.1, 0.15) is 0 Å². The maximum Gasteiger partial charge on any atom is 0.317 e. The summed E-state index contributed by atoms with van der Waals surface area (Å²) in [6.45, 7) is 3.38. The van der Waals surface area contributed by atoms with Crippen LogP contribution in [0.1, 0.15) is 5.56 Å². The number of hydrogen-bond acceptors (Lipinski definition) is 5. The lowest BCUT2D eigenvalue weighted by Gasteiger charge is -2.34. The Morgan fingerprint density at radius 1 is 1.00 bits per heavy atom. The summed E-state index contributed by atoms with van der Waals surface area (Å²) in [6, 6.07) is 11.8. The second kappa shape index (κ2) is 8.51. The van der Waals surface area contributed by atoms with Crippen molar-refractivity contribution in [3.8, 4) is 5.69 Å². The summed E-state index contributed by atoms with van der Waals surface area (Å²) in [5.74, 6) is 0.720. The zero-order valence-electron chi connectivity index (χ0n) is 15.6. The number of amides is 2. The molecule has 3 heterocycles. The van der Waals surface area contributed by atoms with Gasteiger partial charge in [-0.3, -0.25) is 0 Å². The zero-order chi connectivity index (χ0) is 19.2. The van der Waals surface area contributed by atoms with Gasteiger partial charge in [-0.1, -0.05) is 18.2 Å². The Bertz CT molecular complexity index is 889. The molecular weight excluding hydrogens is 354 g/mol. The first kappa shape index (κ1) is 18.0. The number of hydrogen-bond donors (Lipinski definition) is 1. The van der Waals surface area contributed by atoms with E-state index < -0.39 is 0 Å². The molecule has 8 nitrogen and oxygen atoms in total. The molecule has 1 fully saturated rings. The molecule has 1 N–H and O–H groups in total. The number of nitrogens with one attached hydrogen (secondary N) is 1. The van der Waals surface area contributed by atoms with Crippen molar-refractivity contribution in [3.63, 3.8) is 0 Å². The SMILES string of the molecule is O=C(NCCc1cnn(-c2ccccc2)c1)N1CCN(c2ncccn2)CC1. The Balaban J connectivity index is 1.22. The fourth-order valence-electron chi connectivity index (χ4n) is 3.20. The molecule has 1 aliphatic heterocycles. The summed E-state index contributed by atoms with van der Waals surface area (Å²) >= 11 is 0. The van der Waals surface area contributed by atoms with E-state index >= 15 is 0 Å². The molecule has 1 saturated heterocycles. The Hall–Kier alpha value is -3.42. The minimum absolute atomic E-state index is 0.0240. The van der Waals surface area contributed by atoms with Crippen molar-refractivity contribution in [3.05, 3.63) is 66.7 Å². The van der Waals surface area contributed by atoms with Gasteiger partial charge in [0, 0.05) is 51.3 Å². The molecule has 2 amide bonds. The van der Waals surface area contributed by atoms with Crippen molar-refractivity contribution in [1.82, 2.24) is 30.0 Å². The fraction of sp³-hybridized carbons (Fsp3) is 0.300. The first-order chi connectivity index (χ1) is 13.8. The summed E-state index contributed by atoms with van der Waals surface area (Å²) < 4.78 is 1.85. The number of piperazine rings is 1. The average Bonchev–Trinajstić information content (AvgIpc) is 3.24. The Kier molecular flexibility index (Phi) is 5.46. The van der Waals surface area contributed by atoms with Crippen LogP contribution >= 0.6 is 0 Å². The summed E-state index contributed by atoms with van der Waals surface area (Å²) in [4.78, 5) is 24.9. The molecule has 0 unspecified atom stereocenters. The lowest BCUT2D eigenvalue weighted by atomic mass is 10.2. The van der Waals surface area contributed by atoms with E-state index in [9.17, 15) is 4.79 Å². The fourth-order valence-corrected chi connectivity index (χ4v) is 3.20. The number of rotatable bonds is 5. The number of aromatic nitrogens is 4. The molecule has 0 aliphatic carbocycles. The van der Waals surface area contributed by atoms with Crippen molar-refractivity contribution >= 4 is 12.0 Å². The molecule has 0 saturated carbocycles. The van der Waals surface area contributed by atoms with Crippen molar-refractivity contribution < 1.29 is 4.79 Å². The minimum atomic E-state index is -0.0240. The molecule has 0 atom stereocenters. The van der Waals surface area contributed by atoms with Crippen LogP contribution in [0, 0.1) is 0 Å². The molecule has 8 heteroatoms. The van der Waals surface area contributed by atoms with Gasteiger partial charge >= 0.3 is 6.03 Å². The predicted octanol–water partition coefficient (Wildman–Crippen LogP) is 1.74. The minimum Gasteiger partial charge on any atom is -0.338 e. The van der Waals surface area contributed by atoms with Crippen LogP contribution < -0.4 is 10.2 Å². The topological polar surface area (TPSA) is 79.2 Å². The van der Waals surface area contributed by atoms with E-state index in [1.54, 1.807) is 18.5 Å². The van der Waals surface area contributed by atoms with E-state index in [2.05, 4.69) is 25.3 Å². The number of carbonyl (C=O) groups excluding carboxylic acids is 1. The molecular formula is C20H23N7O. The molecule has 0 bridgehead atoms. The monoisotopic (exact) mass is 377 g/mol. The molecule has 28 heavy (non-hydrogen) atoms. The van der Waals surface area contributed by atoms with Crippen LogP contribution in [0.25, 0.3) is 5.69 Å². The van der Waals surface area contributed by atoms with Crippen LogP contribution in [0.15, 0.2) is 61.2 Å². The van der Waals surface area contributed by atoms with Gasteiger partial charge in [0.15, 0.2) is 0 Å². The maximum absolute atomic E-state index is 12.4. The third-order valence-electron chi connectivity index (χ3n) is 4.75. The number of urea groups is 1. The van der Waals surface area contributed by atoms with E-state index in [0.29, 0.717) is 19.6 Å². The van der Waals surface area contributed by atoms with Crippen LogP contribution in [-0.2, 0) is 6.42 Å². The van der Waals surface area contributed by atoms with E-state index in [0.717, 1.165) is 36.7 Å².